The number of benzene rings is 2. The number of ether oxygens (including phenoxy) is 2. The highest BCUT2D eigenvalue weighted by atomic mass is 19.1. The lowest BCUT2D eigenvalue weighted by Crippen LogP contribution is -2.30. The highest BCUT2D eigenvalue weighted by Crippen LogP contribution is 2.44. The van der Waals surface area contributed by atoms with Crippen molar-refractivity contribution in [3.05, 3.63) is 65.1 Å². The van der Waals surface area contributed by atoms with Gasteiger partial charge in [0.2, 0.25) is 0 Å². The second-order valence-corrected chi connectivity index (χ2v) is 6.88. The van der Waals surface area contributed by atoms with Crippen LogP contribution in [0.25, 0.3) is 11.3 Å². The first-order valence-corrected chi connectivity index (χ1v) is 9.46. The zero-order chi connectivity index (χ0) is 20.5. The fourth-order valence-electron chi connectivity index (χ4n) is 3.87. The number of fused-ring (bicyclic) bond motifs is 1. The number of aromatic amines is 1. The van der Waals surface area contributed by atoms with Gasteiger partial charge < -0.3 is 14.4 Å². The molecular formula is C22H22FN3O3. The van der Waals surface area contributed by atoms with Gasteiger partial charge in [0.05, 0.1) is 26.0 Å². The van der Waals surface area contributed by atoms with Gasteiger partial charge in [-0.2, -0.15) is 5.10 Å². The number of carbonyl (C=O) groups excluding carboxylic acids is 1. The SMILES string of the molecule is CCCN1C(=O)c2[nH]nc(-c3ccc(F)cc3)c2[C@H]1c1ccc(OC)c(OC)c1. The van der Waals surface area contributed by atoms with Crippen LogP contribution in [0.2, 0.25) is 0 Å². The smallest absolute Gasteiger partial charge is 0.273 e. The second kappa shape index (κ2) is 7.58. The normalized spacial score (nSPS) is 15.5. The van der Waals surface area contributed by atoms with Crippen molar-refractivity contribution >= 4 is 5.91 Å². The lowest BCUT2D eigenvalue weighted by atomic mass is 9.95. The van der Waals surface area contributed by atoms with Gasteiger partial charge in [-0.15, -0.1) is 0 Å². The summed E-state index contributed by atoms with van der Waals surface area (Å²) < 4.78 is 24.2. The van der Waals surface area contributed by atoms with Crippen molar-refractivity contribution in [3.8, 4) is 22.8 Å². The maximum atomic E-state index is 13.4. The third-order valence-corrected chi connectivity index (χ3v) is 5.17. The lowest BCUT2D eigenvalue weighted by Gasteiger charge is -2.26. The maximum Gasteiger partial charge on any atom is 0.273 e. The Balaban J connectivity index is 1.88. The Kier molecular flexibility index (Phi) is 4.96. The molecule has 0 saturated carbocycles. The van der Waals surface area contributed by atoms with Gasteiger partial charge in [-0.3, -0.25) is 9.89 Å². The minimum Gasteiger partial charge on any atom is -0.493 e. The molecule has 7 heteroatoms. The van der Waals surface area contributed by atoms with E-state index in [-0.39, 0.29) is 17.8 Å². The van der Waals surface area contributed by atoms with Crippen molar-refractivity contribution in [1.82, 2.24) is 15.1 Å². The molecule has 1 aliphatic heterocycles. The average molecular weight is 395 g/mol. The van der Waals surface area contributed by atoms with Crippen LogP contribution in [0.15, 0.2) is 42.5 Å². The quantitative estimate of drug-likeness (QED) is 0.680. The Morgan fingerprint density at radius 1 is 1.10 bits per heavy atom. The molecule has 1 amide bonds. The molecule has 1 N–H and O–H groups in total. The van der Waals surface area contributed by atoms with Crippen LogP contribution >= 0.6 is 0 Å². The number of amides is 1. The van der Waals surface area contributed by atoms with Gasteiger partial charge in [0.1, 0.15) is 11.5 Å². The molecule has 1 aromatic heterocycles. The fourth-order valence-corrected chi connectivity index (χ4v) is 3.87. The predicted octanol–water partition coefficient (Wildman–Crippen LogP) is 4.19. The van der Waals surface area contributed by atoms with Gasteiger partial charge in [0, 0.05) is 17.7 Å². The van der Waals surface area contributed by atoms with Crippen LogP contribution in [0.1, 0.15) is 41.0 Å². The number of nitrogens with zero attached hydrogens (tertiary/aromatic N) is 2. The van der Waals surface area contributed by atoms with Crippen LogP contribution in [0, 0.1) is 5.82 Å². The van der Waals surface area contributed by atoms with Crippen molar-refractivity contribution in [3.63, 3.8) is 0 Å². The zero-order valence-corrected chi connectivity index (χ0v) is 16.5. The number of rotatable bonds is 6. The standard InChI is InChI=1S/C22H22FN3O3/c1-4-11-26-21(14-7-10-16(28-2)17(12-14)29-3)18-19(24-25-20(18)22(26)27)13-5-8-15(23)9-6-13/h5-10,12,21H,4,11H2,1-3H3,(H,24,25)/t21-/m1/s1. The summed E-state index contributed by atoms with van der Waals surface area (Å²) in [4.78, 5) is 14.9. The van der Waals surface area contributed by atoms with Crippen LogP contribution in [0.4, 0.5) is 4.39 Å². The van der Waals surface area contributed by atoms with Gasteiger partial charge in [-0.1, -0.05) is 13.0 Å². The first kappa shape index (κ1) is 19.0. The number of hydrogen-bond acceptors (Lipinski definition) is 4. The van der Waals surface area contributed by atoms with E-state index >= 15 is 0 Å². The highest BCUT2D eigenvalue weighted by Gasteiger charge is 2.42. The Morgan fingerprint density at radius 3 is 2.48 bits per heavy atom. The molecule has 29 heavy (non-hydrogen) atoms. The van der Waals surface area contributed by atoms with Crippen molar-refractivity contribution in [2.24, 2.45) is 0 Å². The Labute approximate surface area is 168 Å². The van der Waals surface area contributed by atoms with Gasteiger partial charge >= 0.3 is 0 Å². The first-order chi connectivity index (χ1) is 14.1. The fraction of sp³-hybridized carbons (Fsp3) is 0.273. The van der Waals surface area contributed by atoms with Gasteiger partial charge in [-0.05, 0) is 48.4 Å². The zero-order valence-electron chi connectivity index (χ0n) is 16.5. The molecule has 0 unspecified atom stereocenters. The van der Waals surface area contributed by atoms with E-state index in [4.69, 9.17) is 9.47 Å². The number of H-pyrrole nitrogens is 1. The van der Waals surface area contributed by atoms with Gasteiger partial charge in [-0.25, -0.2) is 4.39 Å². The number of aromatic nitrogens is 2. The van der Waals surface area contributed by atoms with E-state index in [0.717, 1.165) is 23.1 Å². The van der Waals surface area contributed by atoms with Crippen molar-refractivity contribution in [1.29, 1.82) is 0 Å². The highest BCUT2D eigenvalue weighted by molar-refractivity contribution is 6.00. The van der Waals surface area contributed by atoms with E-state index in [1.807, 2.05) is 30.0 Å². The molecular weight excluding hydrogens is 373 g/mol. The molecule has 0 spiro atoms. The summed E-state index contributed by atoms with van der Waals surface area (Å²) in [5.74, 6) is 0.798. The molecule has 0 radical (unpaired) electrons. The molecule has 0 bridgehead atoms. The van der Waals surface area contributed by atoms with Crippen LogP contribution in [-0.2, 0) is 0 Å². The summed E-state index contributed by atoms with van der Waals surface area (Å²) in [5, 5.41) is 7.28. The second-order valence-electron chi connectivity index (χ2n) is 6.88. The van der Waals surface area contributed by atoms with Crippen LogP contribution in [0.5, 0.6) is 11.5 Å². The summed E-state index contributed by atoms with van der Waals surface area (Å²) >= 11 is 0. The maximum absolute atomic E-state index is 13.4. The summed E-state index contributed by atoms with van der Waals surface area (Å²) in [6.45, 7) is 2.63. The molecule has 0 saturated heterocycles. The molecule has 3 aromatic rings. The number of nitrogens with one attached hydrogen (secondary N) is 1. The summed E-state index contributed by atoms with van der Waals surface area (Å²) in [5.41, 5.74) is 3.56. The monoisotopic (exact) mass is 395 g/mol. The molecule has 1 aliphatic rings. The molecule has 4 rings (SSSR count). The van der Waals surface area contributed by atoms with Crippen molar-refractivity contribution in [2.75, 3.05) is 20.8 Å². The van der Waals surface area contributed by atoms with Gasteiger partial charge in [0.25, 0.3) is 5.91 Å². The largest absolute Gasteiger partial charge is 0.493 e. The number of carbonyl (C=O) groups is 1. The van der Waals surface area contributed by atoms with E-state index in [0.29, 0.717) is 29.4 Å². The summed E-state index contributed by atoms with van der Waals surface area (Å²) in [6, 6.07) is 11.4. The Bertz CT molecular complexity index is 1050. The van der Waals surface area contributed by atoms with E-state index < -0.39 is 0 Å². The van der Waals surface area contributed by atoms with E-state index in [2.05, 4.69) is 10.2 Å². The van der Waals surface area contributed by atoms with Crippen molar-refractivity contribution in [2.45, 2.75) is 19.4 Å². The number of hydrogen-bond donors (Lipinski definition) is 1. The molecule has 1 atom stereocenters. The van der Waals surface area contributed by atoms with Crippen LogP contribution < -0.4 is 9.47 Å². The molecule has 6 nitrogen and oxygen atoms in total. The van der Waals surface area contributed by atoms with Crippen molar-refractivity contribution < 1.29 is 18.7 Å². The summed E-state index contributed by atoms with van der Waals surface area (Å²) in [7, 11) is 3.17. The average Bonchev–Trinajstić information content (AvgIpc) is 3.28. The Hall–Kier alpha value is -3.35. The summed E-state index contributed by atoms with van der Waals surface area (Å²) in [6.07, 6.45) is 0.819. The molecule has 150 valence electrons. The molecule has 2 aromatic carbocycles. The third kappa shape index (κ3) is 3.12. The minimum atomic E-state index is -0.323. The lowest BCUT2D eigenvalue weighted by molar-refractivity contribution is 0.0743. The van der Waals surface area contributed by atoms with E-state index in [9.17, 15) is 9.18 Å². The number of halogens is 1. The van der Waals surface area contributed by atoms with Crippen LogP contribution in [0.3, 0.4) is 0 Å². The number of methoxy groups -OCH3 is 2. The third-order valence-electron chi connectivity index (χ3n) is 5.17. The van der Waals surface area contributed by atoms with Gasteiger partial charge in [0.15, 0.2) is 11.5 Å². The van der Waals surface area contributed by atoms with E-state index in [1.165, 1.54) is 12.1 Å². The molecule has 2 heterocycles. The minimum absolute atomic E-state index is 0.0949. The van der Waals surface area contributed by atoms with E-state index in [1.54, 1.807) is 26.4 Å². The molecule has 0 aliphatic carbocycles. The topological polar surface area (TPSA) is 67.5 Å². The Morgan fingerprint density at radius 2 is 1.83 bits per heavy atom. The molecule has 0 fully saturated rings. The first-order valence-electron chi connectivity index (χ1n) is 9.46. The predicted molar refractivity (Wildman–Crippen MR) is 107 cm³/mol. The van der Waals surface area contributed by atoms with Crippen LogP contribution in [-0.4, -0.2) is 41.8 Å².